The van der Waals surface area contributed by atoms with Crippen molar-refractivity contribution < 1.29 is 4.74 Å². The summed E-state index contributed by atoms with van der Waals surface area (Å²) in [7, 11) is 1.73. The number of ether oxygens (including phenoxy) is 1. The van der Waals surface area contributed by atoms with Gasteiger partial charge in [-0.1, -0.05) is 6.07 Å². The van der Waals surface area contributed by atoms with Gasteiger partial charge in [0.05, 0.1) is 13.2 Å². The zero-order chi connectivity index (χ0) is 13.9. The van der Waals surface area contributed by atoms with Crippen LogP contribution in [0.15, 0.2) is 42.5 Å². The summed E-state index contributed by atoms with van der Waals surface area (Å²) in [5, 5.41) is 3.66. The predicted octanol–water partition coefficient (Wildman–Crippen LogP) is 4.79. The number of methoxy groups -OCH3 is 1. The molecule has 2 aromatic carbocycles. The predicted molar refractivity (Wildman–Crippen MR) is 91.5 cm³/mol. The van der Waals surface area contributed by atoms with E-state index in [0.29, 0.717) is 6.04 Å². The van der Waals surface area contributed by atoms with E-state index >= 15 is 0 Å². The summed E-state index contributed by atoms with van der Waals surface area (Å²) >= 11 is 2.33. The summed E-state index contributed by atoms with van der Waals surface area (Å²) in [6.45, 7) is 0. The van der Waals surface area contributed by atoms with Gasteiger partial charge in [-0.15, -0.1) is 0 Å². The highest BCUT2D eigenvalue weighted by Gasteiger charge is 2.20. The topological polar surface area (TPSA) is 21.3 Å². The molecule has 0 fully saturated rings. The van der Waals surface area contributed by atoms with E-state index in [1.165, 1.54) is 39.6 Å². The van der Waals surface area contributed by atoms with E-state index in [1.54, 1.807) is 7.11 Å². The Bertz CT molecular complexity index is 594. The lowest BCUT2D eigenvalue weighted by atomic mass is 9.87. The summed E-state index contributed by atoms with van der Waals surface area (Å²) < 4.78 is 6.63. The van der Waals surface area contributed by atoms with Gasteiger partial charge < -0.3 is 10.1 Å². The molecule has 2 aromatic rings. The van der Waals surface area contributed by atoms with E-state index in [1.807, 2.05) is 0 Å². The molecule has 2 nitrogen and oxygen atoms in total. The Balaban J connectivity index is 1.87. The zero-order valence-electron chi connectivity index (χ0n) is 11.5. The molecule has 1 aliphatic rings. The van der Waals surface area contributed by atoms with Crippen molar-refractivity contribution in [1.82, 2.24) is 0 Å². The molecule has 0 bridgehead atoms. The molecule has 104 valence electrons. The van der Waals surface area contributed by atoms with Crippen molar-refractivity contribution in [2.24, 2.45) is 0 Å². The van der Waals surface area contributed by atoms with Crippen molar-refractivity contribution in [3.8, 4) is 5.75 Å². The first-order valence-electron chi connectivity index (χ1n) is 6.95. The second-order valence-corrected chi connectivity index (χ2v) is 6.41. The van der Waals surface area contributed by atoms with Crippen molar-refractivity contribution in [1.29, 1.82) is 0 Å². The number of rotatable bonds is 3. The van der Waals surface area contributed by atoms with Crippen LogP contribution >= 0.6 is 22.6 Å². The Morgan fingerprint density at radius 1 is 1.15 bits per heavy atom. The Morgan fingerprint density at radius 3 is 2.70 bits per heavy atom. The highest BCUT2D eigenvalue weighted by Crippen LogP contribution is 2.34. The Labute approximate surface area is 133 Å². The largest absolute Gasteiger partial charge is 0.497 e. The van der Waals surface area contributed by atoms with Gasteiger partial charge in [-0.2, -0.15) is 0 Å². The van der Waals surface area contributed by atoms with Gasteiger partial charge in [-0.05, 0) is 89.4 Å². The van der Waals surface area contributed by atoms with Gasteiger partial charge in [-0.3, -0.25) is 0 Å². The first kappa shape index (κ1) is 13.7. The number of aryl methyl sites for hydroxylation is 1. The number of hydrogen-bond acceptors (Lipinski definition) is 2. The number of hydrogen-bond donors (Lipinski definition) is 1. The molecule has 0 aromatic heterocycles. The molecule has 1 atom stereocenters. The zero-order valence-corrected chi connectivity index (χ0v) is 13.7. The van der Waals surface area contributed by atoms with Crippen LogP contribution in [0.4, 0.5) is 5.69 Å². The molecular weight excluding hydrogens is 361 g/mol. The SMILES string of the molecule is COc1ccc2c(c1)C(Nc1ccc(I)cc1)CCC2. The van der Waals surface area contributed by atoms with Crippen LogP contribution in [0.25, 0.3) is 0 Å². The average molecular weight is 379 g/mol. The molecule has 3 heteroatoms. The van der Waals surface area contributed by atoms with E-state index in [2.05, 4.69) is 70.4 Å². The number of anilines is 1. The molecule has 1 N–H and O–H groups in total. The highest BCUT2D eigenvalue weighted by atomic mass is 127. The van der Waals surface area contributed by atoms with Crippen LogP contribution in [0.2, 0.25) is 0 Å². The first-order valence-corrected chi connectivity index (χ1v) is 8.03. The standard InChI is InChI=1S/C17H18INO/c1-20-15-10-5-12-3-2-4-17(16(12)11-15)19-14-8-6-13(18)7-9-14/h5-11,17,19H,2-4H2,1H3. The fourth-order valence-corrected chi connectivity index (χ4v) is 3.16. The lowest BCUT2D eigenvalue weighted by molar-refractivity contribution is 0.413. The monoisotopic (exact) mass is 379 g/mol. The minimum Gasteiger partial charge on any atom is -0.497 e. The number of halogens is 1. The molecule has 0 aliphatic heterocycles. The molecule has 0 radical (unpaired) electrons. The summed E-state index contributed by atoms with van der Waals surface area (Å²) in [6.07, 6.45) is 3.58. The summed E-state index contributed by atoms with van der Waals surface area (Å²) in [5.74, 6) is 0.945. The van der Waals surface area contributed by atoms with Gasteiger partial charge in [0, 0.05) is 9.26 Å². The summed E-state index contributed by atoms with van der Waals surface area (Å²) in [4.78, 5) is 0. The molecule has 0 amide bonds. The van der Waals surface area contributed by atoms with Gasteiger partial charge in [0.1, 0.15) is 5.75 Å². The molecule has 0 saturated heterocycles. The van der Waals surface area contributed by atoms with E-state index < -0.39 is 0 Å². The van der Waals surface area contributed by atoms with Crippen LogP contribution in [0.3, 0.4) is 0 Å². The maximum Gasteiger partial charge on any atom is 0.119 e. The quantitative estimate of drug-likeness (QED) is 0.775. The molecule has 0 spiro atoms. The second kappa shape index (κ2) is 6.04. The van der Waals surface area contributed by atoms with E-state index in [9.17, 15) is 0 Å². The Hall–Kier alpha value is -1.23. The van der Waals surface area contributed by atoms with Gasteiger partial charge >= 0.3 is 0 Å². The third kappa shape index (κ3) is 2.92. The maximum atomic E-state index is 5.37. The maximum absolute atomic E-state index is 5.37. The number of nitrogens with one attached hydrogen (secondary N) is 1. The third-order valence-corrected chi connectivity index (χ3v) is 4.57. The van der Waals surface area contributed by atoms with E-state index in [4.69, 9.17) is 4.74 Å². The van der Waals surface area contributed by atoms with Crippen LogP contribution in [0.5, 0.6) is 5.75 Å². The number of benzene rings is 2. The second-order valence-electron chi connectivity index (χ2n) is 5.16. The van der Waals surface area contributed by atoms with E-state index in [0.717, 1.165) is 5.75 Å². The molecule has 1 unspecified atom stereocenters. The smallest absolute Gasteiger partial charge is 0.119 e. The minimum atomic E-state index is 0.383. The van der Waals surface area contributed by atoms with Crippen molar-refractivity contribution >= 4 is 28.3 Å². The van der Waals surface area contributed by atoms with Crippen molar-refractivity contribution in [3.63, 3.8) is 0 Å². The molecule has 1 aliphatic carbocycles. The van der Waals surface area contributed by atoms with Gasteiger partial charge in [0.15, 0.2) is 0 Å². The van der Waals surface area contributed by atoms with Crippen LogP contribution in [0.1, 0.15) is 30.0 Å². The molecule has 3 rings (SSSR count). The molecular formula is C17H18INO. The van der Waals surface area contributed by atoms with Crippen LogP contribution in [0, 0.1) is 3.57 Å². The van der Waals surface area contributed by atoms with Crippen LogP contribution < -0.4 is 10.1 Å². The highest BCUT2D eigenvalue weighted by molar-refractivity contribution is 14.1. The van der Waals surface area contributed by atoms with Crippen LogP contribution in [-0.2, 0) is 6.42 Å². The average Bonchev–Trinajstić information content (AvgIpc) is 2.49. The normalized spacial score (nSPS) is 17.4. The van der Waals surface area contributed by atoms with Gasteiger partial charge in [0.2, 0.25) is 0 Å². The summed E-state index contributed by atoms with van der Waals surface area (Å²) in [5.41, 5.74) is 4.01. The third-order valence-electron chi connectivity index (χ3n) is 3.85. The minimum absolute atomic E-state index is 0.383. The molecule has 0 saturated carbocycles. The Kier molecular flexibility index (Phi) is 4.15. The van der Waals surface area contributed by atoms with Crippen molar-refractivity contribution in [3.05, 3.63) is 57.2 Å². The van der Waals surface area contributed by atoms with Gasteiger partial charge in [-0.25, -0.2) is 0 Å². The Morgan fingerprint density at radius 2 is 1.95 bits per heavy atom. The summed E-state index contributed by atoms with van der Waals surface area (Å²) in [6, 6.07) is 15.4. The van der Waals surface area contributed by atoms with Crippen LogP contribution in [-0.4, -0.2) is 7.11 Å². The molecule has 0 heterocycles. The lowest BCUT2D eigenvalue weighted by Crippen LogP contribution is -2.17. The fourth-order valence-electron chi connectivity index (χ4n) is 2.80. The number of fused-ring (bicyclic) bond motifs is 1. The lowest BCUT2D eigenvalue weighted by Gasteiger charge is -2.27. The van der Waals surface area contributed by atoms with Crippen molar-refractivity contribution in [2.75, 3.05) is 12.4 Å². The van der Waals surface area contributed by atoms with E-state index in [-0.39, 0.29) is 0 Å². The fraction of sp³-hybridized carbons (Fsp3) is 0.294. The van der Waals surface area contributed by atoms with Crippen molar-refractivity contribution in [2.45, 2.75) is 25.3 Å². The molecule has 20 heavy (non-hydrogen) atoms. The van der Waals surface area contributed by atoms with Gasteiger partial charge in [0.25, 0.3) is 0 Å². The first-order chi connectivity index (χ1) is 9.76.